The van der Waals surface area contributed by atoms with Crippen LogP contribution >= 0.6 is 0 Å². The van der Waals surface area contributed by atoms with E-state index in [1.165, 1.54) is 0 Å². The maximum absolute atomic E-state index is 13.3. The summed E-state index contributed by atoms with van der Waals surface area (Å²) in [6.45, 7) is 9.92. The molecule has 1 aromatic carbocycles. The fourth-order valence-corrected chi connectivity index (χ4v) is 3.91. The van der Waals surface area contributed by atoms with Crippen molar-refractivity contribution < 1.29 is 42.7 Å². The van der Waals surface area contributed by atoms with E-state index in [9.17, 15) is 4.79 Å². The number of hydrogen-bond acceptors (Lipinski definition) is 9. The summed E-state index contributed by atoms with van der Waals surface area (Å²) in [6, 6.07) is 3.81. The minimum atomic E-state index is -0.187. The Morgan fingerprint density at radius 1 is 0.718 bits per heavy atom. The molecule has 0 bridgehead atoms. The van der Waals surface area contributed by atoms with E-state index in [0.29, 0.717) is 76.5 Å². The van der Waals surface area contributed by atoms with Crippen molar-refractivity contribution in [3.63, 3.8) is 0 Å². The normalized spacial score (nSPS) is 21.0. The third-order valence-electron chi connectivity index (χ3n) is 6.44. The van der Waals surface area contributed by atoms with Crippen LogP contribution in [-0.4, -0.2) is 103 Å². The van der Waals surface area contributed by atoms with Gasteiger partial charge in [0.05, 0.1) is 52.9 Å². The molecule has 3 unspecified atom stereocenters. The van der Waals surface area contributed by atoms with E-state index < -0.39 is 0 Å². The average Bonchev–Trinajstić information content (AvgIpc) is 3.76. The SMILES string of the molecule is Cc1cc(OCCCCOCC2CO2)c(C(=O)NCCCCOCC2CO2)c(OCCCCOCC2CO2)c1. The van der Waals surface area contributed by atoms with Crippen LogP contribution in [0.5, 0.6) is 11.5 Å². The van der Waals surface area contributed by atoms with Crippen LogP contribution in [0.4, 0.5) is 0 Å². The first kappa shape index (κ1) is 30.0. The Kier molecular flexibility index (Phi) is 13.1. The molecule has 3 atom stereocenters. The van der Waals surface area contributed by atoms with Gasteiger partial charge >= 0.3 is 0 Å². The van der Waals surface area contributed by atoms with E-state index in [1.54, 1.807) is 0 Å². The number of unbranched alkanes of at least 4 members (excludes halogenated alkanes) is 3. The van der Waals surface area contributed by atoms with Crippen molar-refractivity contribution in [3.8, 4) is 11.5 Å². The number of aryl methyl sites for hydroxylation is 1. The third kappa shape index (κ3) is 12.8. The molecule has 3 heterocycles. The number of hydrogen-bond donors (Lipinski definition) is 1. The molecule has 0 radical (unpaired) electrons. The van der Waals surface area contributed by atoms with Crippen LogP contribution < -0.4 is 14.8 Å². The molecule has 10 heteroatoms. The maximum Gasteiger partial charge on any atom is 0.258 e. The molecular weight excluding hydrogens is 506 g/mol. The fraction of sp³-hybridized carbons (Fsp3) is 0.759. The van der Waals surface area contributed by atoms with Crippen molar-refractivity contribution in [3.05, 3.63) is 23.3 Å². The molecule has 3 saturated heterocycles. The van der Waals surface area contributed by atoms with Crippen LogP contribution in [-0.2, 0) is 28.4 Å². The number of rotatable bonds is 24. The zero-order valence-electron chi connectivity index (χ0n) is 23.3. The van der Waals surface area contributed by atoms with Crippen molar-refractivity contribution >= 4 is 5.91 Å². The first-order valence-corrected chi connectivity index (χ1v) is 14.5. The summed E-state index contributed by atoms with van der Waals surface area (Å²) in [6.07, 6.45) is 5.96. The van der Waals surface area contributed by atoms with E-state index in [2.05, 4.69) is 5.32 Å². The maximum atomic E-state index is 13.3. The predicted octanol–water partition coefficient (Wildman–Crippen LogP) is 3.07. The highest BCUT2D eigenvalue weighted by atomic mass is 16.6. The molecule has 3 aliphatic heterocycles. The minimum absolute atomic E-state index is 0.187. The molecule has 39 heavy (non-hydrogen) atoms. The molecule has 0 spiro atoms. The second-order valence-corrected chi connectivity index (χ2v) is 10.3. The predicted molar refractivity (Wildman–Crippen MR) is 144 cm³/mol. The van der Waals surface area contributed by atoms with Gasteiger partial charge in [0, 0.05) is 26.4 Å². The summed E-state index contributed by atoms with van der Waals surface area (Å²) in [5, 5.41) is 3.04. The van der Waals surface area contributed by atoms with Gasteiger partial charge in [-0.25, -0.2) is 0 Å². The molecule has 4 rings (SSSR count). The van der Waals surface area contributed by atoms with Crippen LogP contribution in [0.15, 0.2) is 12.1 Å². The lowest BCUT2D eigenvalue weighted by molar-refractivity contribution is 0.0934. The summed E-state index contributed by atoms with van der Waals surface area (Å²) in [5.74, 6) is 0.915. The molecule has 1 N–H and O–H groups in total. The number of benzene rings is 1. The first-order chi connectivity index (χ1) is 19.2. The molecule has 0 saturated carbocycles. The van der Waals surface area contributed by atoms with Gasteiger partial charge in [-0.15, -0.1) is 0 Å². The molecule has 0 aromatic heterocycles. The van der Waals surface area contributed by atoms with E-state index in [4.69, 9.17) is 37.9 Å². The average molecular weight is 552 g/mol. The topological polar surface area (TPSA) is 113 Å². The van der Waals surface area contributed by atoms with Crippen molar-refractivity contribution in [2.24, 2.45) is 0 Å². The molecule has 220 valence electrons. The molecule has 3 fully saturated rings. The lowest BCUT2D eigenvalue weighted by atomic mass is 10.1. The highest BCUT2D eigenvalue weighted by Gasteiger charge is 2.24. The monoisotopic (exact) mass is 551 g/mol. The Balaban J connectivity index is 1.22. The minimum Gasteiger partial charge on any atom is -0.493 e. The smallest absolute Gasteiger partial charge is 0.258 e. The fourth-order valence-electron chi connectivity index (χ4n) is 3.91. The highest BCUT2D eigenvalue weighted by molar-refractivity contribution is 5.99. The van der Waals surface area contributed by atoms with Gasteiger partial charge in [-0.3, -0.25) is 4.79 Å². The Hall–Kier alpha value is -1.95. The summed E-state index contributed by atoms with van der Waals surface area (Å²) < 4.78 is 44.5. The van der Waals surface area contributed by atoms with Crippen LogP contribution in [0.2, 0.25) is 0 Å². The standard InChI is InChI=1S/C29H45NO9/c1-22-14-26(35-12-6-4-10-33-17-24-20-38-24)28(29(31)30-8-2-3-9-32-16-23-19-37-23)27(15-22)36-13-7-5-11-34-18-25-21-39-25/h14-15,23-25H,2-13,16-21H2,1H3,(H,30,31). The molecular formula is C29H45NO9. The summed E-state index contributed by atoms with van der Waals surface area (Å²) in [7, 11) is 0. The van der Waals surface area contributed by atoms with Crippen molar-refractivity contribution in [1.29, 1.82) is 0 Å². The largest absolute Gasteiger partial charge is 0.493 e. The van der Waals surface area contributed by atoms with Crippen LogP contribution in [0.1, 0.15) is 54.4 Å². The highest BCUT2D eigenvalue weighted by Crippen LogP contribution is 2.31. The van der Waals surface area contributed by atoms with Gasteiger partial charge in [-0.1, -0.05) is 0 Å². The summed E-state index contributed by atoms with van der Waals surface area (Å²) in [4.78, 5) is 13.3. The zero-order valence-corrected chi connectivity index (χ0v) is 23.3. The number of nitrogens with one attached hydrogen (secondary N) is 1. The first-order valence-electron chi connectivity index (χ1n) is 14.5. The molecule has 1 aromatic rings. The Labute approximate surface area is 231 Å². The number of ether oxygens (including phenoxy) is 8. The summed E-state index contributed by atoms with van der Waals surface area (Å²) in [5.41, 5.74) is 1.43. The van der Waals surface area contributed by atoms with Gasteiger partial charge in [0.1, 0.15) is 35.4 Å². The van der Waals surface area contributed by atoms with Crippen molar-refractivity contribution in [1.82, 2.24) is 5.32 Å². The number of epoxide rings is 3. The number of carbonyl (C=O) groups is 1. The van der Waals surface area contributed by atoms with Crippen molar-refractivity contribution in [2.75, 3.05) is 79.2 Å². The Morgan fingerprint density at radius 2 is 1.13 bits per heavy atom. The van der Waals surface area contributed by atoms with Gasteiger partial charge in [0.15, 0.2) is 0 Å². The van der Waals surface area contributed by atoms with Crippen LogP contribution in [0, 0.1) is 6.92 Å². The lowest BCUT2D eigenvalue weighted by Crippen LogP contribution is -2.26. The Morgan fingerprint density at radius 3 is 1.56 bits per heavy atom. The van der Waals surface area contributed by atoms with Gasteiger partial charge in [-0.05, 0) is 63.1 Å². The van der Waals surface area contributed by atoms with Crippen LogP contribution in [0.25, 0.3) is 0 Å². The second kappa shape index (κ2) is 17.0. The van der Waals surface area contributed by atoms with Crippen LogP contribution in [0.3, 0.4) is 0 Å². The van der Waals surface area contributed by atoms with Crippen molar-refractivity contribution in [2.45, 2.75) is 63.8 Å². The van der Waals surface area contributed by atoms with Gasteiger partial charge in [-0.2, -0.15) is 0 Å². The van der Waals surface area contributed by atoms with Gasteiger partial charge in [0.2, 0.25) is 0 Å². The summed E-state index contributed by atoms with van der Waals surface area (Å²) >= 11 is 0. The van der Waals surface area contributed by atoms with Gasteiger partial charge < -0.3 is 43.2 Å². The Bertz CT molecular complexity index is 808. The molecule has 10 nitrogen and oxygen atoms in total. The molecule has 0 aliphatic carbocycles. The van der Waals surface area contributed by atoms with E-state index in [1.807, 2.05) is 19.1 Å². The van der Waals surface area contributed by atoms with Gasteiger partial charge in [0.25, 0.3) is 5.91 Å². The van der Waals surface area contributed by atoms with E-state index in [-0.39, 0.29) is 24.2 Å². The molecule has 1 amide bonds. The second-order valence-electron chi connectivity index (χ2n) is 10.3. The number of amides is 1. The van der Waals surface area contributed by atoms with E-state index >= 15 is 0 Å². The number of carbonyl (C=O) groups excluding carboxylic acids is 1. The zero-order chi connectivity index (χ0) is 27.1. The third-order valence-corrected chi connectivity index (χ3v) is 6.44. The molecule has 3 aliphatic rings. The quantitative estimate of drug-likeness (QED) is 0.153. The lowest BCUT2D eigenvalue weighted by Gasteiger charge is -2.17. The van der Waals surface area contributed by atoms with E-state index in [0.717, 1.165) is 63.9 Å².